The maximum atomic E-state index is 14.1. The Morgan fingerprint density at radius 3 is 2.71 bits per heavy atom. The maximum absolute atomic E-state index is 14.1. The third kappa shape index (κ3) is 4.04. The number of carbonyl (C=O) groups is 1. The number of aryl methyl sites for hydroxylation is 1. The van der Waals surface area contributed by atoms with Crippen LogP contribution in [0.5, 0.6) is 5.75 Å². The van der Waals surface area contributed by atoms with Gasteiger partial charge in [0.25, 0.3) is 0 Å². The standard InChI is InChI=1S/C24H27F2N7O2/c1-3-29-23(34)32-6-4-24(13-32)5-7-33-20(24)9-18(31-33)15-8-19(22(27)30-10-15)35-14(2)21-16(25)11-28-12-17(21)26/h8-12,14H,3-7,13H2,1-2H3,(H2,27,30)(H,29,34)/t14-,24-/m1/s1. The predicted octanol–water partition coefficient (Wildman–Crippen LogP) is 3.42. The largest absolute Gasteiger partial charge is 0.482 e. The number of halogens is 2. The number of nitrogens with two attached hydrogens (primary N) is 1. The highest BCUT2D eigenvalue weighted by Gasteiger charge is 2.46. The van der Waals surface area contributed by atoms with Gasteiger partial charge in [-0.3, -0.25) is 9.67 Å². The van der Waals surface area contributed by atoms with Crippen LogP contribution in [-0.4, -0.2) is 50.3 Å². The van der Waals surface area contributed by atoms with E-state index in [0.29, 0.717) is 30.9 Å². The molecule has 0 aliphatic carbocycles. The van der Waals surface area contributed by atoms with E-state index < -0.39 is 17.7 Å². The van der Waals surface area contributed by atoms with E-state index in [0.717, 1.165) is 37.5 Å². The number of carbonyl (C=O) groups excluding carboxylic acids is 1. The molecule has 3 N–H and O–H groups in total. The van der Waals surface area contributed by atoms with Crippen LogP contribution >= 0.6 is 0 Å². The van der Waals surface area contributed by atoms with Crippen LogP contribution in [0.1, 0.15) is 44.1 Å². The van der Waals surface area contributed by atoms with Crippen LogP contribution in [0.15, 0.2) is 30.7 Å². The Morgan fingerprint density at radius 1 is 1.23 bits per heavy atom. The van der Waals surface area contributed by atoms with Crippen LogP contribution in [0.4, 0.5) is 19.4 Å². The highest BCUT2D eigenvalue weighted by Crippen LogP contribution is 2.44. The average Bonchev–Trinajstić information content (AvgIpc) is 3.52. The number of hydrogen-bond donors (Lipinski definition) is 2. The molecular formula is C24H27F2N7O2. The van der Waals surface area contributed by atoms with Crippen molar-refractivity contribution in [3.8, 4) is 17.0 Å². The van der Waals surface area contributed by atoms with Crippen LogP contribution in [0.2, 0.25) is 0 Å². The second-order valence-electron chi connectivity index (χ2n) is 9.06. The summed E-state index contributed by atoms with van der Waals surface area (Å²) in [5.41, 5.74) is 8.11. The van der Waals surface area contributed by atoms with Crippen molar-refractivity contribution in [2.45, 2.75) is 44.8 Å². The van der Waals surface area contributed by atoms with Gasteiger partial charge in [-0.15, -0.1) is 0 Å². The van der Waals surface area contributed by atoms with Gasteiger partial charge < -0.3 is 20.7 Å². The number of aromatic nitrogens is 4. The van der Waals surface area contributed by atoms with Crippen molar-refractivity contribution in [1.29, 1.82) is 0 Å². The quantitative estimate of drug-likeness (QED) is 0.575. The minimum absolute atomic E-state index is 0.0386. The van der Waals surface area contributed by atoms with E-state index in [9.17, 15) is 13.6 Å². The van der Waals surface area contributed by atoms with Crippen molar-refractivity contribution in [2.24, 2.45) is 0 Å². The highest BCUT2D eigenvalue weighted by molar-refractivity contribution is 5.75. The highest BCUT2D eigenvalue weighted by atomic mass is 19.1. The lowest BCUT2D eigenvalue weighted by molar-refractivity contribution is 0.206. The Kier molecular flexibility index (Phi) is 5.78. The molecule has 0 radical (unpaired) electrons. The second-order valence-corrected chi connectivity index (χ2v) is 9.06. The Morgan fingerprint density at radius 2 is 1.97 bits per heavy atom. The third-order valence-corrected chi connectivity index (χ3v) is 6.87. The molecular weight excluding hydrogens is 456 g/mol. The summed E-state index contributed by atoms with van der Waals surface area (Å²) in [6, 6.07) is 3.66. The number of rotatable bonds is 5. The number of pyridine rings is 2. The molecule has 1 fully saturated rings. The topological polar surface area (TPSA) is 111 Å². The van der Waals surface area contributed by atoms with Gasteiger partial charge in [-0.1, -0.05) is 0 Å². The molecule has 0 aromatic carbocycles. The molecule has 184 valence electrons. The van der Waals surface area contributed by atoms with Gasteiger partial charge in [-0.05, 0) is 38.8 Å². The zero-order chi connectivity index (χ0) is 24.7. The lowest BCUT2D eigenvalue weighted by atomic mass is 9.82. The van der Waals surface area contributed by atoms with E-state index >= 15 is 0 Å². The zero-order valence-electron chi connectivity index (χ0n) is 19.6. The number of likely N-dealkylation sites (tertiary alicyclic amines) is 1. The Labute approximate surface area is 201 Å². The molecule has 1 spiro atoms. The van der Waals surface area contributed by atoms with Crippen LogP contribution in [-0.2, 0) is 12.0 Å². The summed E-state index contributed by atoms with van der Waals surface area (Å²) in [5.74, 6) is -1.28. The van der Waals surface area contributed by atoms with Crippen molar-refractivity contribution >= 4 is 11.8 Å². The number of nitrogen functional groups attached to an aromatic ring is 1. The molecule has 0 bridgehead atoms. The first kappa shape index (κ1) is 23.0. The summed E-state index contributed by atoms with van der Waals surface area (Å²) in [4.78, 5) is 21.9. The van der Waals surface area contributed by atoms with E-state index in [1.807, 2.05) is 22.6 Å². The normalized spacial score (nSPS) is 19.7. The van der Waals surface area contributed by atoms with E-state index in [4.69, 9.17) is 15.6 Å². The fraction of sp³-hybridized carbons (Fsp3) is 0.417. The van der Waals surface area contributed by atoms with E-state index in [-0.39, 0.29) is 28.6 Å². The van der Waals surface area contributed by atoms with E-state index in [1.54, 1.807) is 12.3 Å². The second kappa shape index (κ2) is 8.79. The summed E-state index contributed by atoms with van der Waals surface area (Å²) >= 11 is 0. The molecule has 0 saturated carbocycles. The Bertz CT molecular complexity index is 1260. The van der Waals surface area contributed by atoms with Crippen LogP contribution in [0.3, 0.4) is 0 Å². The molecule has 11 heteroatoms. The molecule has 2 aliphatic rings. The van der Waals surface area contributed by atoms with E-state index in [1.165, 1.54) is 6.92 Å². The molecule has 0 unspecified atom stereocenters. The van der Waals surface area contributed by atoms with Gasteiger partial charge in [-0.2, -0.15) is 5.10 Å². The first-order valence-electron chi connectivity index (χ1n) is 11.6. The monoisotopic (exact) mass is 483 g/mol. The van der Waals surface area contributed by atoms with Crippen molar-refractivity contribution in [2.75, 3.05) is 25.4 Å². The molecule has 5 heterocycles. The molecule has 2 atom stereocenters. The van der Waals surface area contributed by atoms with Crippen molar-refractivity contribution in [1.82, 2.24) is 30.0 Å². The van der Waals surface area contributed by atoms with Crippen LogP contribution in [0.25, 0.3) is 11.3 Å². The van der Waals surface area contributed by atoms with Gasteiger partial charge in [0.2, 0.25) is 0 Å². The smallest absolute Gasteiger partial charge is 0.317 e. The first-order chi connectivity index (χ1) is 16.8. The lowest BCUT2D eigenvalue weighted by Gasteiger charge is -2.23. The summed E-state index contributed by atoms with van der Waals surface area (Å²) in [6.07, 6.45) is 4.33. The summed E-state index contributed by atoms with van der Waals surface area (Å²) in [7, 11) is 0. The fourth-order valence-electron chi connectivity index (χ4n) is 5.07. The fourth-order valence-corrected chi connectivity index (χ4v) is 5.07. The molecule has 3 aromatic heterocycles. The molecule has 35 heavy (non-hydrogen) atoms. The van der Waals surface area contributed by atoms with Crippen molar-refractivity contribution < 1.29 is 18.3 Å². The number of amides is 2. The minimum atomic E-state index is -0.952. The number of ether oxygens (including phenoxy) is 1. The van der Waals surface area contributed by atoms with Gasteiger partial charge in [0.05, 0.1) is 23.7 Å². The number of urea groups is 1. The predicted molar refractivity (Wildman–Crippen MR) is 125 cm³/mol. The van der Waals surface area contributed by atoms with E-state index in [2.05, 4.69) is 15.3 Å². The van der Waals surface area contributed by atoms with Gasteiger partial charge in [0.15, 0.2) is 23.2 Å². The first-order valence-corrected chi connectivity index (χ1v) is 11.6. The van der Waals surface area contributed by atoms with Crippen molar-refractivity contribution in [3.05, 3.63) is 53.6 Å². The van der Waals surface area contributed by atoms with Gasteiger partial charge in [0, 0.05) is 49.0 Å². The lowest BCUT2D eigenvalue weighted by Crippen LogP contribution is -2.40. The molecule has 9 nitrogen and oxygen atoms in total. The SMILES string of the molecule is CCNC(=O)N1CC[C@@]2(CCn3nc(-c4cnc(N)c(O[C@H](C)c5c(F)cncc5F)c4)cc32)C1. The summed E-state index contributed by atoms with van der Waals surface area (Å²) in [6.45, 7) is 6.15. The number of fused-ring (bicyclic) bond motifs is 2. The average molecular weight is 484 g/mol. The molecule has 2 aliphatic heterocycles. The number of anilines is 1. The Balaban J connectivity index is 1.40. The molecule has 1 saturated heterocycles. The summed E-state index contributed by atoms with van der Waals surface area (Å²) < 4.78 is 36.1. The molecule has 2 amide bonds. The molecule has 3 aromatic rings. The van der Waals surface area contributed by atoms with Crippen molar-refractivity contribution in [3.63, 3.8) is 0 Å². The molecule has 5 rings (SSSR count). The number of nitrogens with zero attached hydrogens (tertiary/aromatic N) is 5. The van der Waals surface area contributed by atoms with Gasteiger partial charge in [0.1, 0.15) is 6.10 Å². The Hall–Kier alpha value is -3.76. The van der Waals surface area contributed by atoms with Crippen LogP contribution < -0.4 is 15.8 Å². The third-order valence-electron chi connectivity index (χ3n) is 6.87. The zero-order valence-corrected chi connectivity index (χ0v) is 19.6. The number of hydrogen-bond acceptors (Lipinski definition) is 6. The number of nitrogens with one attached hydrogen (secondary N) is 1. The minimum Gasteiger partial charge on any atom is -0.482 e. The van der Waals surface area contributed by atoms with Crippen LogP contribution in [0, 0.1) is 11.6 Å². The maximum Gasteiger partial charge on any atom is 0.317 e. The van der Waals surface area contributed by atoms with Gasteiger partial charge in [-0.25, -0.2) is 18.6 Å². The van der Waals surface area contributed by atoms with Gasteiger partial charge >= 0.3 is 6.03 Å². The summed E-state index contributed by atoms with van der Waals surface area (Å²) in [5, 5.41) is 7.63.